The number of carbonyl (C=O) groups excluding carboxylic acids is 1. The molecule has 0 spiro atoms. The first-order valence-corrected chi connectivity index (χ1v) is 15.8. The number of fused-ring (bicyclic) bond motifs is 2. The Morgan fingerprint density at radius 1 is 1.15 bits per heavy atom. The van der Waals surface area contributed by atoms with Gasteiger partial charge in [0.05, 0.1) is 19.1 Å². The molecule has 2 aliphatic rings. The number of aliphatic hydroxyl groups excluding tert-OH is 1. The summed E-state index contributed by atoms with van der Waals surface area (Å²) >= 11 is 1.13. The Balaban J connectivity index is 1.40. The van der Waals surface area contributed by atoms with Gasteiger partial charge in [-0.05, 0) is 61.3 Å². The average molecular weight is 602 g/mol. The van der Waals surface area contributed by atoms with E-state index in [2.05, 4.69) is 9.62 Å². The number of aliphatic hydroxyl groups is 1. The van der Waals surface area contributed by atoms with Gasteiger partial charge in [0.1, 0.15) is 16.1 Å². The number of amides is 1. The molecule has 0 aliphatic carbocycles. The van der Waals surface area contributed by atoms with Crippen LogP contribution < -0.4 is 18.9 Å². The molecule has 3 atom stereocenters. The number of hydrogen-bond donors (Lipinski definition) is 2. The lowest BCUT2D eigenvalue weighted by atomic mass is 10.0. The monoisotopic (exact) mass is 601 g/mol. The molecule has 0 saturated heterocycles. The minimum absolute atomic E-state index is 0.0146. The van der Waals surface area contributed by atoms with Gasteiger partial charge < -0.3 is 24.2 Å². The van der Waals surface area contributed by atoms with Crippen LogP contribution in [0.1, 0.15) is 25.0 Å². The van der Waals surface area contributed by atoms with Crippen molar-refractivity contribution in [2.24, 2.45) is 5.92 Å². The zero-order valence-electron chi connectivity index (χ0n) is 23.3. The summed E-state index contributed by atoms with van der Waals surface area (Å²) in [6.07, 6.45) is -0.276. The van der Waals surface area contributed by atoms with Gasteiger partial charge in [-0.25, -0.2) is 8.42 Å². The number of anilines is 1. The smallest absolute Gasteiger partial charge is 0.271 e. The molecule has 2 aromatic carbocycles. The van der Waals surface area contributed by atoms with Crippen LogP contribution in [0, 0.1) is 5.92 Å². The minimum Gasteiger partial charge on any atom is -0.488 e. The third kappa shape index (κ3) is 6.78. The molecule has 0 unspecified atom stereocenters. The fourth-order valence-electron chi connectivity index (χ4n) is 5.06. The molecule has 0 saturated carbocycles. The van der Waals surface area contributed by atoms with Gasteiger partial charge in [0.15, 0.2) is 11.5 Å². The second-order valence-electron chi connectivity index (χ2n) is 10.6. The van der Waals surface area contributed by atoms with Crippen molar-refractivity contribution in [3.63, 3.8) is 0 Å². The predicted octanol–water partition coefficient (Wildman–Crippen LogP) is 3.56. The third-order valence-electron chi connectivity index (χ3n) is 7.31. The van der Waals surface area contributed by atoms with Crippen LogP contribution in [0.15, 0.2) is 58.1 Å². The molecule has 1 aromatic heterocycles. The lowest BCUT2D eigenvalue weighted by Gasteiger charge is -2.34. The molecule has 0 bridgehead atoms. The molecule has 3 heterocycles. The Hall–Kier alpha value is -3.32. The normalized spacial score (nSPS) is 19.6. The highest BCUT2D eigenvalue weighted by molar-refractivity contribution is 7.94. The molecule has 5 rings (SSSR count). The van der Waals surface area contributed by atoms with Gasteiger partial charge in [-0.1, -0.05) is 19.1 Å². The Morgan fingerprint density at radius 2 is 1.93 bits per heavy atom. The van der Waals surface area contributed by atoms with Crippen LogP contribution in [-0.2, 0) is 27.8 Å². The summed E-state index contributed by atoms with van der Waals surface area (Å²) in [6, 6.07) is 13.8. The van der Waals surface area contributed by atoms with Crippen LogP contribution in [0.25, 0.3) is 0 Å². The molecule has 10 nitrogen and oxygen atoms in total. The fraction of sp³-hybridized carbons (Fsp3) is 0.414. The van der Waals surface area contributed by atoms with Gasteiger partial charge in [-0.15, -0.1) is 11.3 Å². The zero-order valence-corrected chi connectivity index (χ0v) is 24.9. The third-order valence-corrected chi connectivity index (χ3v) is 10.1. The highest BCUT2D eigenvalue weighted by Crippen LogP contribution is 2.33. The Labute approximate surface area is 244 Å². The number of thiophene rings is 1. The van der Waals surface area contributed by atoms with E-state index >= 15 is 0 Å². The van der Waals surface area contributed by atoms with Crippen LogP contribution in [0.4, 0.5) is 5.69 Å². The summed E-state index contributed by atoms with van der Waals surface area (Å²) in [5, 5.41) is 11.6. The number of carbonyl (C=O) groups is 1. The van der Waals surface area contributed by atoms with Crippen LogP contribution in [0.2, 0.25) is 0 Å². The van der Waals surface area contributed by atoms with Gasteiger partial charge in [0.25, 0.3) is 10.0 Å². The van der Waals surface area contributed by atoms with Crippen molar-refractivity contribution in [1.82, 2.24) is 9.80 Å². The second kappa shape index (κ2) is 12.3. The van der Waals surface area contributed by atoms with Gasteiger partial charge in [-0.3, -0.25) is 14.4 Å². The van der Waals surface area contributed by atoms with Crippen molar-refractivity contribution in [1.29, 1.82) is 0 Å². The largest absolute Gasteiger partial charge is 0.488 e. The number of sulfonamides is 1. The summed E-state index contributed by atoms with van der Waals surface area (Å²) in [7, 11) is -1.75. The molecular weight excluding hydrogens is 566 g/mol. The van der Waals surface area contributed by atoms with E-state index in [0.29, 0.717) is 36.6 Å². The Kier molecular flexibility index (Phi) is 8.74. The first-order valence-electron chi connectivity index (χ1n) is 13.5. The average Bonchev–Trinajstić information content (AvgIpc) is 3.64. The number of benzene rings is 2. The lowest BCUT2D eigenvalue weighted by molar-refractivity contribution is -0.134. The summed E-state index contributed by atoms with van der Waals surface area (Å²) in [5.41, 5.74) is 1.99. The van der Waals surface area contributed by atoms with E-state index in [1.165, 1.54) is 6.07 Å². The number of nitrogens with one attached hydrogen (secondary N) is 1. The first-order chi connectivity index (χ1) is 19.6. The Morgan fingerprint density at radius 3 is 2.68 bits per heavy atom. The van der Waals surface area contributed by atoms with E-state index in [9.17, 15) is 18.3 Å². The van der Waals surface area contributed by atoms with E-state index < -0.39 is 10.0 Å². The van der Waals surface area contributed by atoms with Crippen molar-refractivity contribution in [2.75, 3.05) is 38.3 Å². The quantitative estimate of drug-likeness (QED) is 0.383. The van der Waals surface area contributed by atoms with Crippen molar-refractivity contribution in [3.8, 4) is 17.2 Å². The van der Waals surface area contributed by atoms with E-state index in [1.54, 1.807) is 34.5 Å². The molecule has 3 aromatic rings. The molecule has 2 N–H and O–H groups in total. The number of nitrogens with zero attached hydrogens (tertiary/aromatic N) is 2. The number of hydrogen-bond acceptors (Lipinski definition) is 9. The second-order valence-corrected chi connectivity index (χ2v) is 13.5. The lowest BCUT2D eigenvalue weighted by Crippen LogP contribution is -2.47. The van der Waals surface area contributed by atoms with Crippen molar-refractivity contribution in [3.05, 3.63) is 65.0 Å². The van der Waals surface area contributed by atoms with Gasteiger partial charge in [0, 0.05) is 36.8 Å². The standard InChI is InChI=1S/C29H35N3O7S2/c1-19-14-32(20(2)17-33)28(34)13-22-12-23(30-41(35,36)29-5-4-10-40-29)7-9-24(22)39-27(19)16-31(3)15-21-6-8-25-26(11-21)38-18-37-25/h4-12,19-20,27,30,33H,13-18H2,1-3H3/t19-,20+,27+/m0/s1. The van der Waals surface area contributed by atoms with Gasteiger partial charge in [-0.2, -0.15) is 0 Å². The maximum Gasteiger partial charge on any atom is 0.271 e. The van der Waals surface area contributed by atoms with Crippen LogP contribution in [0.3, 0.4) is 0 Å². The van der Waals surface area contributed by atoms with E-state index in [4.69, 9.17) is 14.2 Å². The summed E-state index contributed by atoms with van der Waals surface area (Å²) in [5.74, 6) is 1.78. The summed E-state index contributed by atoms with van der Waals surface area (Å²) in [4.78, 5) is 17.3. The molecular formula is C29H35N3O7S2. The van der Waals surface area contributed by atoms with Crippen LogP contribution in [0.5, 0.6) is 17.2 Å². The molecule has 41 heavy (non-hydrogen) atoms. The van der Waals surface area contributed by atoms with Gasteiger partial charge in [0.2, 0.25) is 12.7 Å². The highest BCUT2D eigenvalue weighted by Gasteiger charge is 2.31. The van der Waals surface area contributed by atoms with E-state index in [0.717, 1.165) is 28.4 Å². The summed E-state index contributed by atoms with van der Waals surface area (Å²) < 4.78 is 46.0. The zero-order chi connectivity index (χ0) is 29.1. The number of rotatable bonds is 9. The first kappa shape index (κ1) is 29.2. The molecule has 1 amide bonds. The molecule has 12 heteroatoms. The van der Waals surface area contributed by atoms with Crippen LogP contribution >= 0.6 is 11.3 Å². The molecule has 0 radical (unpaired) electrons. The predicted molar refractivity (Wildman–Crippen MR) is 156 cm³/mol. The van der Waals surface area contributed by atoms with Crippen molar-refractivity contribution >= 4 is 33.0 Å². The maximum absolute atomic E-state index is 13.5. The molecule has 2 aliphatic heterocycles. The minimum atomic E-state index is -3.75. The molecule has 0 fully saturated rings. The fourth-order valence-corrected chi connectivity index (χ4v) is 7.10. The topological polar surface area (TPSA) is 118 Å². The SMILES string of the molecule is C[C@H](CO)N1C[C@H](C)[C@@H](CN(C)Cc2ccc3c(c2)OCO3)Oc2ccc(NS(=O)(=O)c3cccs3)cc2CC1=O. The van der Waals surface area contributed by atoms with E-state index in [1.807, 2.05) is 39.1 Å². The summed E-state index contributed by atoms with van der Waals surface area (Å²) in [6.45, 7) is 5.54. The van der Waals surface area contributed by atoms with Crippen molar-refractivity contribution < 1.29 is 32.5 Å². The van der Waals surface area contributed by atoms with Crippen molar-refractivity contribution in [2.45, 2.75) is 43.2 Å². The molecule has 220 valence electrons. The van der Waals surface area contributed by atoms with Gasteiger partial charge >= 0.3 is 0 Å². The van der Waals surface area contributed by atoms with Crippen LogP contribution in [-0.4, -0.2) is 74.9 Å². The maximum atomic E-state index is 13.5. The Bertz CT molecular complexity index is 1480. The highest BCUT2D eigenvalue weighted by atomic mass is 32.2. The number of ether oxygens (including phenoxy) is 3. The van der Waals surface area contributed by atoms with E-state index in [-0.39, 0.29) is 48.0 Å². The number of likely N-dealkylation sites (N-methyl/N-ethyl adjacent to an activating group) is 1.